The molecule has 0 spiro atoms. The van der Waals surface area contributed by atoms with Crippen LogP contribution in [-0.4, -0.2) is 77.4 Å². The smallest absolute Gasteiger partial charge is 0.270 e. The molecule has 7 heteroatoms. The highest BCUT2D eigenvalue weighted by Crippen LogP contribution is 2.30. The molecule has 0 aliphatic carbocycles. The number of H-pyrrole nitrogens is 1. The van der Waals surface area contributed by atoms with Gasteiger partial charge in [0, 0.05) is 30.5 Å². The van der Waals surface area contributed by atoms with E-state index in [-0.39, 0.29) is 24.4 Å². The summed E-state index contributed by atoms with van der Waals surface area (Å²) in [4.78, 5) is 36.4. The first kappa shape index (κ1) is 24.4. The molecule has 1 aromatic heterocycles. The number of carbonyl (C=O) groups is 2. The van der Waals surface area contributed by atoms with Crippen LogP contribution in [0.15, 0.2) is 54.6 Å². The van der Waals surface area contributed by atoms with Crippen LogP contribution >= 0.6 is 0 Å². The number of aromatic amines is 1. The molecule has 3 aromatic rings. The standard InChI is InChI=1S/C29H36N4O3/c1-29(2)11-13-31(14-12-29)18-23-19-32(20-27(34)33(23)17-21-7-5-4-6-8-21)28(35)26-16-22-15-24(36-3)9-10-25(22)30-26/h4-10,15-16,23,30H,11-14,17-20H2,1-3H3/t23-/m0/s1. The summed E-state index contributed by atoms with van der Waals surface area (Å²) in [5, 5.41) is 0.916. The summed E-state index contributed by atoms with van der Waals surface area (Å²) >= 11 is 0. The van der Waals surface area contributed by atoms with Gasteiger partial charge in [-0.05, 0) is 61.2 Å². The number of piperazine rings is 1. The van der Waals surface area contributed by atoms with Crippen molar-refractivity contribution in [1.82, 2.24) is 19.7 Å². The summed E-state index contributed by atoms with van der Waals surface area (Å²) < 4.78 is 5.32. The van der Waals surface area contributed by atoms with Gasteiger partial charge in [-0.3, -0.25) is 9.59 Å². The first-order valence-electron chi connectivity index (χ1n) is 12.8. The fourth-order valence-corrected chi connectivity index (χ4v) is 5.35. The van der Waals surface area contributed by atoms with Gasteiger partial charge in [-0.1, -0.05) is 44.2 Å². The molecule has 2 aromatic carbocycles. The molecule has 1 atom stereocenters. The maximum absolute atomic E-state index is 13.5. The lowest BCUT2D eigenvalue weighted by molar-refractivity contribution is -0.140. The molecule has 0 unspecified atom stereocenters. The number of rotatable bonds is 6. The van der Waals surface area contributed by atoms with Crippen LogP contribution in [0.2, 0.25) is 0 Å². The van der Waals surface area contributed by atoms with E-state index in [2.05, 4.69) is 35.9 Å². The number of likely N-dealkylation sites (tertiary alicyclic amines) is 1. The average Bonchev–Trinajstić information content (AvgIpc) is 3.30. The van der Waals surface area contributed by atoms with E-state index in [4.69, 9.17) is 4.74 Å². The molecule has 36 heavy (non-hydrogen) atoms. The van der Waals surface area contributed by atoms with Crippen molar-refractivity contribution in [2.75, 3.05) is 39.8 Å². The molecule has 190 valence electrons. The summed E-state index contributed by atoms with van der Waals surface area (Å²) in [6, 6.07) is 17.6. The zero-order valence-corrected chi connectivity index (χ0v) is 21.5. The van der Waals surface area contributed by atoms with Crippen molar-refractivity contribution < 1.29 is 14.3 Å². The molecule has 2 aliphatic rings. The third-order valence-corrected chi connectivity index (χ3v) is 7.74. The van der Waals surface area contributed by atoms with Crippen LogP contribution in [0.3, 0.4) is 0 Å². The summed E-state index contributed by atoms with van der Waals surface area (Å²) in [5.41, 5.74) is 2.85. The van der Waals surface area contributed by atoms with Gasteiger partial charge in [-0.15, -0.1) is 0 Å². The van der Waals surface area contributed by atoms with Gasteiger partial charge < -0.3 is 24.4 Å². The van der Waals surface area contributed by atoms with E-state index in [0.29, 0.717) is 24.2 Å². The SMILES string of the molecule is COc1ccc2[nH]c(C(=O)N3CC(=O)N(Cc4ccccc4)[C@@H](CN4CCC(C)(C)CC4)C3)cc2c1. The van der Waals surface area contributed by atoms with Crippen molar-refractivity contribution in [3.8, 4) is 5.75 Å². The van der Waals surface area contributed by atoms with E-state index < -0.39 is 0 Å². The molecule has 0 saturated carbocycles. The fraction of sp³-hybridized carbons (Fsp3) is 0.448. The monoisotopic (exact) mass is 488 g/mol. The minimum absolute atomic E-state index is 0.00132. The fourth-order valence-electron chi connectivity index (χ4n) is 5.35. The Morgan fingerprint density at radius 3 is 2.56 bits per heavy atom. The number of hydrogen-bond acceptors (Lipinski definition) is 4. The molecule has 2 aliphatic heterocycles. The van der Waals surface area contributed by atoms with E-state index in [9.17, 15) is 9.59 Å². The van der Waals surface area contributed by atoms with Gasteiger partial charge >= 0.3 is 0 Å². The number of piperidine rings is 1. The summed E-state index contributed by atoms with van der Waals surface area (Å²) in [6.07, 6.45) is 2.29. The van der Waals surface area contributed by atoms with Gasteiger partial charge in [0.15, 0.2) is 0 Å². The topological polar surface area (TPSA) is 68.9 Å². The maximum Gasteiger partial charge on any atom is 0.270 e. The molecule has 0 radical (unpaired) electrons. The van der Waals surface area contributed by atoms with Crippen LogP contribution < -0.4 is 4.74 Å². The highest BCUT2D eigenvalue weighted by Gasteiger charge is 2.37. The van der Waals surface area contributed by atoms with Crippen LogP contribution in [0, 0.1) is 5.41 Å². The van der Waals surface area contributed by atoms with Crippen LogP contribution in [0.25, 0.3) is 10.9 Å². The zero-order valence-electron chi connectivity index (χ0n) is 21.5. The van der Waals surface area contributed by atoms with Crippen molar-refractivity contribution in [2.24, 2.45) is 5.41 Å². The van der Waals surface area contributed by atoms with Gasteiger partial charge in [0.25, 0.3) is 5.91 Å². The first-order valence-corrected chi connectivity index (χ1v) is 12.8. The second-order valence-electron chi connectivity index (χ2n) is 10.9. The number of benzene rings is 2. The molecular weight excluding hydrogens is 452 g/mol. The predicted molar refractivity (Wildman–Crippen MR) is 141 cm³/mol. The Kier molecular flexibility index (Phi) is 6.75. The lowest BCUT2D eigenvalue weighted by Gasteiger charge is -2.45. The normalized spacial score (nSPS) is 20.6. The molecule has 1 N–H and O–H groups in total. The number of nitrogens with zero attached hydrogens (tertiary/aromatic N) is 3. The molecular formula is C29H36N4O3. The van der Waals surface area contributed by atoms with Crippen LogP contribution in [-0.2, 0) is 11.3 Å². The molecule has 7 nitrogen and oxygen atoms in total. The molecule has 2 fully saturated rings. The van der Waals surface area contributed by atoms with Gasteiger partial charge in [-0.2, -0.15) is 0 Å². The second kappa shape index (κ2) is 9.97. The summed E-state index contributed by atoms with van der Waals surface area (Å²) in [5.74, 6) is 0.608. The summed E-state index contributed by atoms with van der Waals surface area (Å²) in [6.45, 7) is 8.66. The zero-order chi connectivity index (χ0) is 25.3. The Balaban J connectivity index is 1.36. The number of ether oxygens (including phenoxy) is 1. The van der Waals surface area contributed by atoms with E-state index in [1.807, 2.05) is 47.4 Å². The first-order chi connectivity index (χ1) is 17.3. The molecule has 2 amide bonds. The Hall–Kier alpha value is -3.32. The third kappa shape index (κ3) is 5.26. The lowest BCUT2D eigenvalue weighted by Crippen LogP contribution is -2.61. The van der Waals surface area contributed by atoms with Gasteiger partial charge in [0.05, 0.1) is 13.2 Å². The molecule has 5 rings (SSSR count). The number of methoxy groups -OCH3 is 1. The Labute approximate surface area is 213 Å². The number of amides is 2. The van der Waals surface area contributed by atoms with Crippen molar-refractivity contribution in [3.05, 3.63) is 65.9 Å². The number of aromatic nitrogens is 1. The predicted octanol–water partition coefficient (Wildman–Crippen LogP) is 4.15. The van der Waals surface area contributed by atoms with E-state index >= 15 is 0 Å². The Morgan fingerprint density at radius 2 is 1.83 bits per heavy atom. The molecule has 2 saturated heterocycles. The van der Waals surface area contributed by atoms with Crippen LogP contribution in [0.4, 0.5) is 0 Å². The van der Waals surface area contributed by atoms with Gasteiger partial charge in [0.1, 0.15) is 18.0 Å². The second-order valence-corrected chi connectivity index (χ2v) is 10.9. The van der Waals surface area contributed by atoms with E-state index in [0.717, 1.165) is 54.7 Å². The Morgan fingerprint density at radius 1 is 1.08 bits per heavy atom. The number of carbonyl (C=O) groups excluding carboxylic acids is 2. The largest absolute Gasteiger partial charge is 0.497 e. The number of nitrogens with one attached hydrogen (secondary N) is 1. The maximum atomic E-state index is 13.5. The molecule has 0 bridgehead atoms. The Bertz CT molecular complexity index is 1230. The minimum atomic E-state index is -0.136. The highest BCUT2D eigenvalue weighted by atomic mass is 16.5. The van der Waals surface area contributed by atoms with Crippen LogP contribution in [0.5, 0.6) is 5.75 Å². The molecule has 3 heterocycles. The minimum Gasteiger partial charge on any atom is -0.497 e. The highest BCUT2D eigenvalue weighted by molar-refractivity contribution is 6.00. The van der Waals surface area contributed by atoms with Crippen molar-refractivity contribution in [3.63, 3.8) is 0 Å². The number of fused-ring (bicyclic) bond motifs is 1. The van der Waals surface area contributed by atoms with E-state index in [1.54, 1.807) is 12.0 Å². The van der Waals surface area contributed by atoms with Crippen molar-refractivity contribution >= 4 is 22.7 Å². The third-order valence-electron chi connectivity index (χ3n) is 7.74. The lowest BCUT2D eigenvalue weighted by atomic mass is 9.82. The van der Waals surface area contributed by atoms with Gasteiger partial charge in [-0.25, -0.2) is 0 Å². The number of hydrogen-bond donors (Lipinski definition) is 1. The van der Waals surface area contributed by atoms with Crippen LogP contribution in [0.1, 0.15) is 42.7 Å². The quantitative estimate of drug-likeness (QED) is 0.566. The van der Waals surface area contributed by atoms with Crippen molar-refractivity contribution in [2.45, 2.75) is 39.3 Å². The van der Waals surface area contributed by atoms with Crippen molar-refractivity contribution in [1.29, 1.82) is 0 Å². The van der Waals surface area contributed by atoms with Gasteiger partial charge in [0.2, 0.25) is 5.91 Å². The average molecular weight is 489 g/mol. The summed E-state index contributed by atoms with van der Waals surface area (Å²) in [7, 11) is 1.63. The van der Waals surface area contributed by atoms with E-state index in [1.165, 1.54) is 0 Å².